The average molecular weight is 274 g/mol. The van der Waals surface area contributed by atoms with Gasteiger partial charge in [0.2, 0.25) is 0 Å². The number of nitrogens with one attached hydrogen (secondary N) is 1. The summed E-state index contributed by atoms with van der Waals surface area (Å²) in [6, 6.07) is 8.48. The minimum atomic E-state index is 0.400. The third kappa shape index (κ3) is 3.99. The van der Waals surface area contributed by atoms with E-state index in [0.29, 0.717) is 5.41 Å². The number of nitrogen functional groups attached to an aromatic ring is 1. The minimum Gasteiger partial charge on any atom is -0.399 e. The van der Waals surface area contributed by atoms with E-state index in [-0.39, 0.29) is 0 Å². The second-order valence-corrected chi connectivity index (χ2v) is 6.45. The molecule has 1 aromatic carbocycles. The topological polar surface area (TPSA) is 38.0 Å². The van der Waals surface area contributed by atoms with Crippen molar-refractivity contribution in [3.05, 3.63) is 29.8 Å². The molecular weight excluding hydrogens is 244 g/mol. The lowest BCUT2D eigenvalue weighted by atomic mass is 9.94. The van der Waals surface area contributed by atoms with Crippen molar-refractivity contribution < 1.29 is 0 Å². The molecule has 3 N–H and O–H groups in total. The van der Waals surface area contributed by atoms with E-state index >= 15 is 0 Å². The molecule has 112 valence electrons. The van der Waals surface area contributed by atoms with E-state index in [9.17, 15) is 0 Å². The molecular formula is C18H30N2. The fourth-order valence-corrected chi connectivity index (χ4v) is 3.01. The van der Waals surface area contributed by atoms with Crippen molar-refractivity contribution >= 4 is 5.69 Å². The first kappa shape index (κ1) is 15.4. The zero-order valence-corrected chi connectivity index (χ0v) is 13.1. The smallest absolute Gasteiger partial charge is 0.0314 e. The van der Waals surface area contributed by atoms with Gasteiger partial charge in [-0.3, -0.25) is 0 Å². The van der Waals surface area contributed by atoms with Gasteiger partial charge in [0.15, 0.2) is 0 Å². The van der Waals surface area contributed by atoms with Gasteiger partial charge in [0, 0.05) is 17.6 Å². The summed E-state index contributed by atoms with van der Waals surface area (Å²) in [5, 5.41) is 3.73. The summed E-state index contributed by atoms with van der Waals surface area (Å²) in [7, 11) is 0. The van der Waals surface area contributed by atoms with Crippen molar-refractivity contribution in [2.24, 2.45) is 5.92 Å². The number of benzene rings is 1. The van der Waals surface area contributed by atoms with Gasteiger partial charge < -0.3 is 11.1 Å². The first-order valence-corrected chi connectivity index (χ1v) is 8.27. The van der Waals surface area contributed by atoms with Gasteiger partial charge in [-0.25, -0.2) is 0 Å². The molecule has 1 unspecified atom stereocenters. The summed E-state index contributed by atoms with van der Waals surface area (Å²) < 4.78 is 0. The van der Waals surface area contributed by atoms with Gasteiger partial charge in [0.05, 0.1) is 0 Å². The number of hydrogen-bond donors (Lipinski definition) is 2. The quantitative estimate of drug-likeness (QED) is 0.665. The Bertz CT molecular complexity index is 392. The van der Waals surface area contributed by atoms with Gasteiger partial charge in [0.25, 0.3) is 0 Å². The van der Waals surface area contributed by atoms with Crippen LogP contribution in [0.2, 0.25) is 0 Å². The van der Waals surface area contributed by atoms with Crippen molar-refractivity contribution in [3.8, 4) is 0 Å². The lowest BCUT2D eigenvalue weighted by molar-refractivity contribution is 0.409. The fourth-order valence-electron chi connectivity index (χ4n) is 3.01. The van der Waals surface area contributed by atoms with Gasteiger partial charge in [-0.1, -0.05) is 45.2 Å². The molecule has 2 nitrogen and oxygen atoms in total. The van der Waals surface area contributed by atoms with Crippen LogP contribution in [0, 0.1) is 5.92 Å². The zero-order valence-electron chi connectivity index (χ0n) is 13.1. The Morgan fingerprint density at radius 1 is 1.20 bits per heavy atom. The monoisotopic (exact) mass is 274 g/mol. The second kappa shape index (κ2) is 7.12. The van der Waals surface area contributed by atoms with Gasteiger partial charge in [0.1, 0.15) is 0 Å². The van der Waals surface area contributed by atoms with Crippen LogP contribution in [0.5, 0.6) is 0 Å². The molecule has 2 rings (SSSR count). The van der Waals surface area contributed by atoms with Crippen molar-refractivity contribution in [1.29, 1.82) is 0 Å². The first-order chi connectivity index (χ1) is 9.70. The molecule has 1 aliphatic carbocycles. The lowest BCUT2D eigenvalue weighted by Gasteiger charge is -2.20. The Kier molecular flexibility index (Phi) is 5.47. The average Bonchev–Trinajstić information content (AvgIpc) is 3.24. The van der Waals surface area contributed by atoms with Crippen molar-refractivity contribution in [2.75, 3.05) is 18.8 Å². The van der Waals surface area contributed by atoms with Crippen LogP contribution in [0.1, 0.15) is 57.9 Å². The zero-order chi connectivity index (χ0) is 14.4. The number of nitrogens with two attached hydrogens (primary N) is 1. The molecule has 0 bridgehead atoms. The standard InChI is InChI=1S/C18H30N2/c1-3-5-6-15(4-2)13-20-14-18(11-12-18)16-7-9-17(19)10-8-16/h7-10,15,20H,3-6,11-14,19H2,1-2H3. The summed E-state index contributed by atoms with van der Waals surface area (Å²) in [4.78, 5) is 0. The summed E-state index contributed by atoms with van der Waals surface area (Å²) in [6.07, 6.45) is 7.97. The van der Waals surface area contributed by atoms with E-state index in [1.165, 1.54) is 50.6 Å². The number of unbranched alkanes of at least 4 members (excludes halogenated alkanes) is 1. The molecule has 0 spiro atoms. The van der Waals surface area contributed by atoms with Crippen LogP contribution in [-0.4, -0.2) is 13.1 Å². The van der Waals surface area contributed by atoms with Gasteiger partial charge in [-0.2, -0.15) is 0 Å². The summed E-state index contributed by atoms with van der Waals surface area (Å²) in [5.41, 5.74) is 8.50. The molecule has 2 heteroatoms. The molecule has 1 saturated carbocycles. The van der Waals surface area contributed by atoms with Crippen LogP contribution in [0.3, 0.4) is 0 Å². The van der Waals surface area contributed by atoms with E-state index in [1.807, 2.05) is 12.1 Å². The summed E-state index contributed by atoms with van der Waals surface area (Å²) in [5.74, 6) is 0.845. The van der Waals surface area contributed by atoms with Crippen LogP contribution >= 0.6 is 0 Å². The van der Waals surface area contributed by atoms with Crippen molar-refractivity contribution in [3.63, 3.8) is 0 Å². The van der Waals surface area contributed by atoms with Crippen molar-refractivity contribution in [1.82, 2.24) is 5.32 Å². The molecule has 0 aromatic heterocycles. The summed E-state index contributed by atoms with van der Waals surface area (Å²) in [6.45, 7) is 6.89. The second-order valence-electron chi connectivity index (χ2n) is 6.45. The molecule has 1 aromatic rings. The van der Waals surface area contributed by atoms with Gasteiger partial charge in [-0.05, 0) is 49.4 Å². The van der Waals surface area contributed by atoms with Crippen molar-refractivity contribution in [2.45, 2.75) is 57.8 Å². The maximum absolute atomic E-state index is 5.78. The third-order valence-corrected chi connectivity index (χ3v) is 4.82. The Morgan fingerprint density at radius 2 is 1.90 bits per heavy atom. The van der Waals surface area contributed by atoms with Crippen LogP contribution in [-0.2, 0) is 5.41 Å². The van der Waals surface area contributed by atoms with Crippen LogP contribution in [0.25, 0.3) is 0 Å². The highest BCUT2D eigenvalue weighted by molar-refractivity contribution is 5.43. The first-order valence-electron chi connectivity index (χ1n) is 8.27. The molecule has 1 aliphatic rings. The third-order valence-electron chi connectivity index (χ3n) is 4.82. The van der Waals surface area contributed by atoms with Gasteiger partial charge in [-0.15, -0.1) is 0 Å². The van der Waals surface area contributed by atoms with E-state index in [0.717, 1.165) is 18.2 Å². The van der Waals surface area contributed by atoms with E-state index in [2.05, 4.69) is 31.3 Å². The minimum absolute atomic E-state index is 0.400. The maximum Gasteiger partial charge on any atom is 0.0314 e. The van der Waals surface area contributed by atoms with E-state index in [4.69, 9.17) is 5.73 Å². The highest BCUT2D eigenvalue weighted by Gasteiger charge is 2.43. The van der Waals surface area contributed by atoms with Crippen LogP contribution < -0.4 is 11.1 Å². The normalized spacial score (nSPS) is 17.9. The Hall–Kier alpha value is -1.02. The number of anilines is 1. The SMILES string of the molecule is CCCCC(CC)CNCC1(c2ccc(N)cc2)CC1. The molecule has 1 atom stereocenters. The Balaban J connectivity index is 1.79. The van der Waals surface area contributed by atoms with Crippen LogP contribution in [0.15, 0.2) is 24.3 Å². The van der Waals surface area contributed by atoms with Crippen LogP contribution in [0.4, 0.5) is 5.69 Å². The van der Waals surface area contributed by atoms with E-state index < -0.39 is 0 Å². The highest BCUT2D eigenvalue weighted by Crippen LogP contribution is 2.47. The molecule has 20 heavy (non-hydrogen) atoms. The Labute approximate surface area is 124 Å². The molecule has 0 heterocycles. The molecule has 0 radical (unpaired) electrons. The fraction of sp³-hybridized carbons (Fsp3) is 0.667. The predicted octanol–water partition coefficient (Wildman–Crippen LogP) is 4.11. The Morgan fingerprint density at radius 3 is 2.45 bits per heavy atom. The van der Waals surface area contributed by atoms with Gasteiger partial charge >= 0.3 is 0 Å². The maximum atomic E-state index is 5.78. The number of hydrogen-bond acceptors (Lipinski definition) is 2. The number of rotatable bonds is 9. The lowest BCUT2D eigenvalue weighted by Crippen LogP contribution is -2.31. The predicted molar refractivity (Wildman–Crippen MR) is 87.9 cm³/mol. The summed E-state index contributed by atoms with van der Waals surface area (Å²) >= 11 is 0. The molecule has 0 aliphatic heterocycles. The molecule has 0 amide bonds. The van der Waals surface area contributed by atoms with E-state index in [1.54, 1.807) is 0 Å². The molecule has 0 saturated heterocycles. The highest BCUT2D eigenvalue weighted by atomic mass is 14.9. The largest absolute Gasteiger partial charge is 0.399 e. The molecule has 1 fully saturated rings.